The first-order valence-corrected chi connectivity index (χ1v) is 9.19. The lowest BCUT2D eigenvalue weighted by molar-refractivity contribution is -0.123. The first-order chi connectivity index (χ1) is 13.5. The number of nitrogens with zero attached hydrogens (tertiary/aromatic N) is 2. The fraction of sp³-hybridized carbons (Fsp3) is 0.158. The molecule has 2 aromatic carbocycles. The highest BCUT2D eigenvalue weighted by Gasteiger charge is 2.30. The van der Waals surface area contributed by atoms with Crippen LogP contribution in [-0.2, 0) is 9.59 Å². The summed E-state index contributed by atoms with van der Waals surface area (Å²) < 4.78 is 18.0. The molecular formula is C19H17FN4O3S. The van der Waals surface area contributed by atoms with Gasteiger partial charge in [-0.1, -0.05) is 11.8 Å². The first kappa shape index (κ1) is 19.6. The quantitative estimate of drug-likeness (QED) is 0.596. The molecule has 144 valence electrons. The molecule has 9 heteroatoms. The summed E-state index contributed by atoms with van der Waals surface area (Å²) in [5.41, 5.74) is 1.26. The lowest BCUT2D eigenvalue weighted by Crippen LogP contribution is -2.41. The molecule has 28 heavy (non-hydrogen) atoms. The van der Waals surface area contributed by atoms with Crippen LogP contribution in [0.4, 0.5) is 10.1 Å². The van der Waals surface area contributed by atoms with Gasteiger partial charge in [0.2, 0.25) is 11.8 Å². The number of benzene rings is 2. The van der Waals surface area contributed by atoms with Gasteiger partial charge in [-0.2, -0.15) is 5.10 Å². The third-order valence-electron chi connectivity index (χ3n) is 3.75. The van der Waals surface area contributed by atoms with E-state index in [1.807, 2.05) is 12.1 Å². The summed E-state index contributed by atoms with van der Waals surface area (Å²) in [6.45, 7) is 0. The van der Waals surface area contributed by atoms with Crippen LogP contribution < -0.4 is 15.4 Å². The number of halogens is 1. The highest BCUT2D eigenvalue weighted by atomic mass is 32.2. The van der Waals surface area contributed by atoms with Crippen molar-refractivity contribution in [3.05, 3.63) is 59.9 Å². The molecule has 0 saturated carbocycles. The molecule has 0 spiro atoms. The molecule has 0 bridgehead atoms. The van der Waals surface area contributed by atoms with Crippen molar-refractivity contribution in [1.29, 1.82) is 0 Å². The zero-order valence-corrected chi connectivity index (χ0v) is 15.7. The highest BCUT2D eigenvalue weighted by molar-refractivity contribution is 8.15. The van der Waals surface area contributed by atoms with Crippen LogP contribution in [0.2, 0.25) is 0 Å². The minimum atomic E-state index is -0.659. The van der Waals surface area contributed by atoms with Gasteiger partial charge in [-0.05, 0) is 54.1 Å². The van der Waals surface area contributed by atoms with Gasteiger partial charge in [0, 0.05) is 12.1 Å². The van der Waals surface area contributed by atoms with Gasteiger partial charge in [-0.15, -0.1) is 5.10 Å². The SMILES string of the molecule is COc1ccc(/C=N/N=C2/NC(=O)CC(C(=O)Nc3ccc(F)cc3)S2)cc1. The van der Waals surface area contributed by atoms with Gasteiger partial charge in [0.1, 0.15) is 16.8 Å². The molecule has 3 rings (SSSR count). The van der Waals surface area contributed by atoms with E-state index in [2.05, 4.69) is 20.8 Å². The standard InChI is InChI=1S/C19H17FN4O3S/c1-27-15-8-2-12(3-9-15)11-21-24-19-23-17(25)10-16(28-19)18(26)22-14-6-4-13(20)5-7-14/h2-9,11,16H,10H2,1H3,(H,22,26)(H,23,24,25)/b21-11+. The van der Waals surface area contributed by atoms with Crippen molar-refractivity contribution in [3.8, 4) is 5.75 Å². The molecule has 7 nitrogen and oxygen atoms in total. The summed E-state index contributed by atoms with van der Waals surface area (Å²) in [5.74, 6) is -0.350. The third-order valence-corrected chi connectivity index (χ3v) is 4.82. The van der Waals surface area contributed by atoms with Crippen LogP contribution in [0.1, 0.15) is 12.0 Å². The molecule has 0 aromatic heterocycles. The van der Waals surface area contributed by atoms with Crippen molar-refractivity contribution >= 4 is 40.6 Å². The van der Waals surface area contributed by atoms with E-state index in [4.69, 9.17) is 4.74 Å². The summed E-state index contributed by atoms with van der Waals surface area (Å²) in [6.07, 6.45) is 1.54. The number of thioether (sulfide) groups is 1. The molecule has 1 saturated heterocycles. The van der Waals surface area contributed by atoms with Crippen LogP contribution in [0, 0.1) is 5.82 Å². The summed E-state index contributed by atoms with van der Waals surface area (Å²) >= 11 is 1.11. The third kappa shape index (κ3) is 5.40. The molecule has 2 N–H and O–H groups in total. The Balaban J connectivity index is 1.63. The summed E-state index contributed by atoms with van der Waals surface area (Å²) in [4.78, 5) is 24.3. The van der Waals surface area contributed by atoms with Gasteiger partial charge in [-0.3, -0.25) is 9.59 Å². The number of nitrogens with one attached hydrogen (secondary N) is 2. The van der Waals surface area contributed by atoms with Crippen LogP contribution in [0.15, 0.2) is 58.7 Å². The maximum absolute atomic E-state index is 13.0. The van der Waals surface area contributed by atoms with Crippen LogP contribution in [0.25, 0.3) is 0 Å². The van der Waals surface area contributed by atoms with Crippen molar-refractivity contribution < 1.29 is 18.7 Å². The van der Waals surface area contributed by atoms with Crippen LogP contribution in [-0.4, -0.2) is 35.6 Å². The Morgan fingerprint density at radius 2 is 1.96 bits per heavy atom. The van der Waals surface area contributed by atoms with Gasteiger partial charge in [-0.25, -0.2) is 4.39 Å². The number of rotatable bonds is 5. The van der Waals surface area contributed by atoms with Crippen molar-refractivity contribution in [3.63, 3.8) is 0 Å². The van der Waals surface area contributed by atoms with E-state index < -0.39 is 11.1 Å². The molecule has 1 aliphatic rings. The second-order valence-corrected chi connectivity index (χ2v) is 6.97. The molecule has 1 unspecified atom stereocenters. The molecule has 0 aliphatic carbocycles. The van der Waals surface area contributed by atoms with Crippen LogP contribution >= 0.6 is 11.8 Å². The summed E-state index contributed by atoms with van der Waals surface area (Å²) in [5, 5.41) is 12.8. The van der Waals surface area contributed by atoms with Gasteiger partial charge >= 0.3 is 0 Å². The summed E-state index contributed by atoms with van der Waals surface area (Å²) in [7, 11) is 1.58. The second kappa shape index (κ2) is 9.14. The van der Waals surface area contributed by atoms with E-state index in [9.17, 15) is 14.0 Å². The Kier molecular flexibility index (Phi) is 6.38. The van der Waals surface area contributed by atoms with Gasteiger partial charge in [0.05, 0.1) is 13.3 Å². The average molecular weight is 400 g/mol. The highest BCUT2D eigenvalue weighted by Crippen LogP contribution is 2.22. The van der Waals surface area contributed by atoms with Crippen molar-refractivity contribution in [2.24, 2.45) is 10.2 Å². The van der Waals surface area contributed by atoms with Gasteiger partial charge in [0.25, 0.3) is 0 Å². The van der Waals surface area contributed by atoms with E-state index >= 15 is 0 Å². The zero-order valence-electron chi connectivity index (χ0n) is 14.9. The number of hydrogen-bond donors (Lipinski definition) is 2. The fourth-order valence-corrected chi connectivity index (χ4v) is 3.27. The Morgan fingerprint density at radius 1 is 1.25 bits per heavy atom. The fourth-order valence-electron chi connectivity index (χ4n) is 2.33. The van der Waals surface area contributed by atoms with E-state index in [0.29, 0.717) is 5.69 Å². The van der Waals surface area contributed by atoms with Crippen molar-refractivity contribution in [1.82, 2.24) is 5.32 Å². The molecule has 1 fully saturated rings. The van der Waals surface area contributed by atoms with E-state index in [0.717, 1.165) is 23.1 Å². The molecule has 1 atom stereocenters. The number of carbonyl (C=O) groups excluding carboxylic acids is 2. The maximum atomic E-state index is 13.0. The first-order valence-electron chi connectivity index (χ1n) is 8.31. The van der Waals surface area contributed by atoms with Crippen LogP contribution in [0.3, 0.4) is 0 Å². The molecule has 1 heterocycles. The summed E-state index contributed by atoms with van der Waals surface area (Å²) in [6, 6.07) is 12.6. The van der Waals surface area contributed by atoms with E-state index in [1.54, 1.807) is 19.2 Å². The largest absolute Gasteiger partial charge is 0.497 e. The Morgan fingerprint density at radius 3 is 2.64 bits per heavy atom. The Hall–Kier alpha value is -3.20. The van der Waals surface area contributed by atoms with Gasteiger partial charge in [0.15, 0.2) is 5.17 Å². The minimum Gasteiger partial charge on any atom is -0.497 e. The molecular weight excluding hydrogens is 383 g/mol. The number of amides is 2. The van der Waals surface area contributed by atoms with Crippen molar-refractivity contribution in [2.75, 3.05) is 12.4 Å². The van der Waals surface area contributed by atoms with Gasteiger partial charge < -0.3 is 15.4 Å². The average Bonchev–Trinajstić information content (AvgIpc) is 2.70. The van der Waals surface area contributed by atoms with Crippen LogP contribution in [0.5, 0.6) is 5.75 Å². The normalized spacial score (nSPS) is 18.1. The predicted octanol–water partition coefficient (Wildman–Crippen LogP) is 2.78. The number of amidine groups is 1. The minimum absolute atomic E-state index is 0.0128. The predicted molar refractivity (Wildman–Crippen MR) is 107 cm³/mol. The second-order valence-electron chi connectivity index (χ2n) is 5.78. The Bertz CT molecular complexity index is 914. The molecule has 1 aliphatic heterocycles. The maximum Gasteiger partial charge on any atom is 0.238 e. The van der Waals surface area contributed by atoms with E-state index in [-0.39, 0.29) is 23.4 Å². The zero-order chi connectivity index (χ0) is 19.9. The van der Waals surface area contributed by atoms with Crippen molar-refractivity contribution in [2.45, 2.75) is 11.7 Å². The smallest absolute Gasteiger partial charge is 0.238 e. The lowest BCUT2D eigenvalue weighted by Gasteiger charge is -2.21. The molecule has 2 amide bonds. The molecule has 2 aromatic rings. The van der Waals surface area contributed by atoms with E-state index in [1.165, 1.54) is 30.5 Å². The lowest BCUT2D eigenvalue weighted by atomic mass is 10.2. The topological polar surface area (TPSA) is 92.2 Å². The number of ether oxygens (including phenoxy) is 1. The number of hydrogen-bond acceptors (Lipinski definition) is 6. The number of methoxy groups -OCH3 is 1. The number of anilines is 1. The monoisotopic (exact) mass is 400 g/mol. The Labute approximate surface area is 165 Å². The molecule has 0 radical (unpaired) electrons. The number of carbonyl (C=O) groups is 2.